The Balaban J connectivity index is 3.53. The number of carbonyl (C=O) groups excluding carboxylic acids is 1. The van der Waals surface area contributed by atoms with Crippen molar-refractivity contribution in [2.75, 3.05) is 6.61 Å². The summed E-state index contributed by atoms with van der Waals surface area (Å²) in [7, 11) is 0. The molecule has 0 aromatic rings. The minimum atomic E-state index is -0.923. The van der Waals surface area contributed by atoms with Crippen LogP contribution < -0.4 is 5.32 Å². The Morgan fingerprint density at radius 3 is 1.12 bits per heavy atom. The van der Waals surface area contributed by atoms with Crippen molar-refractivity contribution in [2.45, 2.75) is 276 Å². The molecule has 5 heteroatoms. The molecular weight excluding hydrogens is 643 g/mol. The lowest BCUT2D eigenvalue weighted by Gasteiger charge is -2.21. The lowest BCUT2D eigenvalue weighted by molar-refractivity contribution is -0.124. The summed E-state index contributed by atoms with van der Waals surface area (Å²) in [5.41, 5.74) is 0. The van der Waals surface area contributed by atoms with Gasteiger partial charge in [-0.2, -0.15) is 0 Å². The molecule has 52 heavy (non-hydrogen) atoms. The Bertz CT molecular complexity index is 728. The van der Waals surface area contributed by atoms with Gasteiger partial charge in [0.1, 0.15) is 0 Å². The van der Waals surface area contributed by atoms with Crippen LogP contribution in [0.4, 0.5) is 0 Å². The molecule has 0 aliphatic heterocycles. The van der Waals surface area contributed by atoms with Gasteiger partial charge in [0.15, 0.2) is 0 Å². The third kappa shape index (κ3) is 38.8. The molecule has 0 aromatic carbocycles. The molecular formula is C47H93NO4. The highest BCUT2D eigenvalue weighted by Gasteiger charge is 2.20. The second-order valence-corrected chi connectivity index (χ2v) is 16.4. The second-order valence-electron chi connectivity index (χ2n) is 16.4. The number of aliphatic hydroxyl groups excluding tert-OH is 3. The van der Waals surface area contributed by atoms with Gasteiger partial charge in [-0.1, -0.05) is 244 Å². The van der Waals surface area contributed by atoms with Gasteiger partial charge < -0.3 is 20.6 Å². The average molecular weight is 736 g/mol. The van der Waals surface area contributed by atoms with E-state index in [9.17, 15) is 20.1 Å². The summed E-state index contributed by atoms with van der Waals surface area (Å²) in [4.78, 5) is 12.4. The van der Waals surface area contributed by atoms with E-state index in [0.717, 1.165) is 25.7 Å². The van der Waals surface area contributed by atoms with Crippen molar-refractivity contribution in [1.82, 2.24) is 5.32 Å². The van der Waals surface area contributed by atoms with Gasteiger partial charge in [-0.15, -0.1) is 0 Å². The number of hydrogen-bond donors (Lipinski definition) is 4. The molecule has 0 heterocycles. The Labute approximate surface area is 325 Å². The third-order valence-electron chi connectivity index (χ3n) is 11.1. The molecule has 3 atom stereocenters. The summed E-state index contributed by atoms with van der Waals surface area (Å²) >= 11 is 0. The van der Waals surface area contributed by atoms with Crippen molar-refractivity contribution in [1.29, 1.82) is 0 Å². The maximum absolute atomic E-state index is 12.4. The second kappa shape index (κ2) is 42.8. The molecule has 0 rings (SSSR count). The van der Waals surface area contributed by atoms with Gasteiger partial charge in [-0.25, -0.2) is 0 Å². The Kier molecular flexibility index (Phi) is 42.1. The van der Waals surface area contributed by atoms with Gasteiger partial charge >= 0.3 is 0 Å². The zero-order valence-electron chi connectivity index (χ0n) is 35.2. The van der Waals surface area contributed by atoms with E-state index in [1.807, 2.05) is 6.08 Å². The van der Waals surface area contributed by atoms with Crippen LogP contribution in [0.3, 0.4) is 0 Å². The molecule has 0 aliphatic rings. The third-order valence-corrected chi connectivity index (χ3v) is 11.1. The normalized spacial score (nSPS) is 13.6. The standard InChI is InChI=1S/C47H93NO4/c1-3-5-7-9-11-13-15-17-18-19-20-21-22-23-24-25-26-27-28-29-30-32-34-36-38-40-44(50)42-47(52)48-45(43-49)46(51)41-39-37-35-33-31-16-14-12-10-8-6-4-2/h39,41,44-46,49-51H,3-38,40,42-43H2,1-2H3,(H,48,52)/b41-39+. The van der Waals surface area contributed by atoms with Crippen LogP contribution in [0.25, 0.3) is 0 Å². The van der Waals surface area contributed by atoms with Crippen LogP contribution in [0.5, 0.6) is 0 Å². The molecule has 5 nitrogen and oxygen atoms in total. The summed E-state index contributed by atoms with van der Waals surface area (Å²) in [5, 5.41) is 33.2. The Morgan fingerprint density at radius 1 is 0.481 bits per heavy atom. The molecule has 0 aromatic heterocycles. The van der Waals surface area contributed by atoms with Gasteiger partial charge in [-0.3, -0.25) is 4.79 Å². The molecule has 4 N–H and O–H groups in total. The fourth-order valence-electron chi connectivity index (χ4n) is 7.46. The molecule has 0 bridgehead atoms. The summed E-state index contributed by atoms with van der Waals surface area (Å²) in [6.45, 7) is 4.22. The zero-order chi connectivity index (χ0) is 38.0. The molecule has 0 radical (unpaired) electrons. The lowest BCUT2D eigenvalue weighted by atomic mass is 10.0. The van der Waals surface area contributed by atoms with Gasteiger partial charge in [0.2, 0.25) is 5.91 Å². The van der Waals surface area contributed by atoms with Crippen LogP contribution in [-0.2, 0) is 4.79 Å². The van der Waals surface area contributed by atoms with E-state index in [-0.39, 0.29) is 18.9 Å². The minimum absolute atomic E-state index is 0.0188. The number of nitrogens with one attached hydrogen (secondary N) is 1. The molecule has 0 saturated heterocycles. The van der Waals surface area contributed by atoms with Crippen molar-refractivity contribution in [2.24, 2.45) is 0 Å². The number of allylic oxidation sites excluding steroid dienone is 1. The van der Waals surface area contributed by atoms with Crippen LogP contribution in [-0.4, -0.2) is 46.1 Å². The van der Waals surface area contributed by atoms with Crippen molar-refractivity contribution in [3.63, 3.8) is 0 Å². The lowest BCUT2D eigenvalue weighted by Crippen LogP contribution is -2.45. The molecule has 0 spiro atoms. The van der Waals surface area contributed by atoms with Gasteiger partial charge in [0, 0.05) is 0 Å². The molecule has 3 unspecified atom stereocenters. The molecule has 0 saturated carbocycles. The first-order chi connectivity index (χ1) is 25.5. The van der Waals surface area contributed by atoms with Crippen LogP contribution in [0.15, 0.2) is 12.2 Å². The highest BCUT2D eigenvalue weighted by molar-refractivity contribution is 5.76. The molecule has 0 fully saturated rings. The van der Waals surface area contributed by atoms with Crippen molar-refractivity contribution in [3.05, 3.63) is 12.2 Å². The predicted molar refractivity (Wildman–Crippen MR) is 227 cm³/mol. The van der Waals surface area contributed by atoms with Crippen molar-refractivity contribution >= 4 is 5.91 Å². The maximum atomic E-state index is 12.4. The first kappa shape index (κ1) is 51.1. The number of aliphatic hydroxyl groups is 3. The predicted octanol–water partition coefficient (Wildman–Crippen LogP) is 13.6. The van der Waals surface area contributed by atoms with Crippen molar-refractivity contribution in [3.8, 4) is 0 Å². The van der Waals surface area contributed by atoms with Crippen LogP contribution in [0.1, 0.15) is 258 Å². The number of hydrogen-bond acceptors (Lipinski definition) is 4. The fourth-order valence-corrected chi connectivity index (χ4v) is 7.46. The van der Waals surface area contributed by atoms with Crippen LogP contribution >= 0.6 is 0 Å². The smallest absolute Gasteiger partial charge is 0.222 e. The number of carbonyl (C=O) groups is 1. The van der Waals surface area contributed by atoms with E-state index in [1.165, 1.54) is 205 Å². The number of rotatable bonds is 43. The SMILES string of the molecule is CCCCCCCCCCCC/C=C/C(O)C(CO)NC(=O)CC(O)CCCCCCCCCCCCCCCCCCCCCCCCCCC. The minimum Gasteiger partial charge on any atom is -0.394 e. The van der Waals surface area contributed by atoms with E-state index in [4.69, 9.17) is 0 Å². The van der Waals surface area contributed by atoms with E-state index in [0.29, 0.717) is 6.42 Å². The highest BCUT2D eigenvalue weighted by atomic mass is 16.3. The molecule has 310 valence electrons. The van der Waals surface area contributed by atoms with Gasteiger partial charge in [0.25, 0.3) is 0 Å². The average Bonchev–Trinajstić information content (AvgIpc) is 3.14. The largest absolute Gasteiger partial charge is 0.394 e. The fraction of sp³-hybridized carbons (Fsp3) is 0.936. The van der Waals surface area contributed by atoms with E-state index in [1.54, 1.807) is 6.08 Å². The zero-order valence-corrected chi connectivity index (χ0v) is 35.2. The van der Waals surface area contributed by atoms with Crippen molar-refractivity contribution < 1.29 is 20.1 Å². The van der Waals surface area contributed by atoms with E-state index < -0.39 is 18.2 Å². The van der Waals surface area contributed by atoms with Gasteiger partial charge in [-0.05, 0) is 19.3 Å². The Hall–Kier alpha value is -0.910. The quantitative estimate of drug-likeness (QED) is 0.0371. The topological polar surface area (TPSA) is 89.8 Å². The summed E-state index contributed by atoms with van der Waals surface area (Å²) in [6.07, 6.45) is 50.9. The monoisotopic (exact) mass is 736 g/mol. The van der Waals surface area contributed by atoms with Crippen LogP contribution in [0, 0.1) is 0 Å². The summed E-state index contributed by atoms with van der Waals surface area (Å²) in [6, 6.07) is -0.738. The summed E-state index contributed by atoms with van der Waals surface area (Å²) in [5.74, 6) is -0.312. The molecule has 0 aliphatic carbocycles. The van der Waals surface area contributed by atoms with Gasteiger partial charge in [0.05, 0.1) is 31.3 Å². The van der Waals surface area contributed by atoms with E-state index >= 15 is 0 Å². The first-order valence-corrected chi connectivity index (χ1v) is 23.5. The number of amides is 1. The maximum Gasteiger partial charge on any atom is 0.222 e. The molecule has 1 amide bonds. The van der Waals surface area contributed by atoms with Crippen LogP contribution in [0.2, 0.25) is 0 Å². The Morgan fingerprint density at radius 2 is 0.788 bits per heavy atom. The number of unbranched alkanes of at least 4 members (excludes halogenated alkanes) is 34. The summed E-state index contributed by atoms with van der Waals surface area (Å²) < 4.78 is 0. The van der Waals surface area contributed by atoms with E-state index in [2.05, 4.69) is 19.2 Å². The first-order valence-electron chi connectivity index (χ1n) is 23.5. The highest BCUT2D eigenvalue weighted by Crippen LogP contribution is 2.17.